The molecule has 1 aromatic heterocycles. The highest BCUT2D eigenvalue weighted by atomic mass is 16.6. The Morgan fingerprint density at radius 1 is 1.14 bits per heavy atom. The van der Waals surface area contributed by atoms with Gasteiger partial charge in [-0.15, -0.1) is 0 Å². The number of ether oxygens (including phenoxy) is 3. The average Bonchev–Trinajstić information content (AvgIpc) is 2.70. The third-order valence-electron chi connectivity index (χ3n) is 4.23. The Bertz CT molecular complexity index is 851. The predicted molar refractivity (Wildman–Crippen MR) is 100 cm³/mol. The maximum atomic E-state index is 12.3. The first-order valence-electron chi connectivity index (χ1n) is 9.08. The Hall–Kier alpha value is -3.16. The summed E-state index contributed by atoms with van der Waals surface area (Å²) in [4.78, 5) is 32.2. The van der Waals surface area contributed by atoms with Gasteiger partial charge in [0, 0.05) is 6.20 Å². The number of hydrogen-bond donors (Lipinski definition) is 1. The normalized spacial score (nSPS) is 13.7. The predicted octanol–water partition coefficient (Wildman–Crippen LogP) is 2.23. The lowest BCUT2D eigenvalue weighted by molar-refractivity contribution is -0.125. The molecule has 1 aliphatic rings. The second kappa shape index (κ2) is 8.69. The maximum absolute atomic E-state index is 12.3. The summed E-state index contributed by atoms with van der Waals surface area (Å²) in [5, 5.41) is 2.91. The van der Waals surface area contributed by atoms with Crippen LogP contribution < -0.4 is 14.8 Å². The van der Waals surface area contributed by atoms with Crippen molar-refractivity contribution in [3.8, 4) is 11.5 Å². The number of rotatable bonds is 6. The smallest absolute Gasteiger partial charge is 0.359 e. The lowest BCUT2D eigenvalue weighted by Crippen LogP contribution is -2.35. The van der Waals surface area contributed by atoms with E-state index >= 15 is 0 Å². The van der Waals surface area contributed by atoms with E-state index < -0.39 is 18.5 Å². The van der Waals surface area contributed by atoms with Crippen LogP contribution in [0.1, 0.15) is 41.6 Å². The summed E-state index contributed by atoms with van der Waals surface area (Å²) in [6, 6.07) is 5.34. The van der Waals surface area contributed by atoms with Gasteiger partial charge in [-0.05, 0) is 30.5 Å². The first-order chi connectivity index (χ1) is 13.4. The topological polar surface area (TPSA) is 99.6 Å². The van der Waals surface area contributed by atoms with Crippen molar-refractivity contribution in [1.29, 1.82) is 0 Å². The molecule has 2 heterocycles. The zero-order valence-electron chi connectivity index (χ0n) is 16.1. The largest absolute Gasteiger partial charge is 0.486 e. The van der Waals surface area contributed by atoms with Gasteiger partial charge in [0.2, 0.25) is 0 Å². The molecule has 1 unspecified atom stereocenters. The quantitative estimate of drug-likeness (QED) is 0.761. The van der Waals surface area contributed by atoms with Crippen molar-refractivity contribution in [1.82, 2.24) is 15.3 Å². The van der Waals surface area contributed by atoms with Crippen LogP contribution in [0.15, 0.2) is 30.6 Å². The van der Waals surface area contributed by atoms with Crippen LogP contribution >= 0.6 is 0 Å². The van der Waals surface area contributed by atoms with Crippen molar-refractivity contribution < 1.29 is 23.8 Å². The van der Waals surface area contributed by atoms with Gasteiger partial charge in [-0.2, -0.15) is 0 Å². The number of nitrogens with zero attached hydrogens (tertiary/aromatic N) is 2. The van der Waals surface area contributed by atoms with E-state index in [1.54, 1.807) is 6.92 Å². The highest BCUT2D eigenvalue weighted by molar-refractivity contribution is 5.89. The van der Waals surface area contributed by atoms with Gasteiger partial charge in [-0.25, -0.2) is 9.78 Å². The van der Waals surface area contributed by atoms with E-state index in [1.807, 2.05) is 32.0 Å². The zero-order chi connectivity index (χ0) is 20.1. The number of aromatic nitrogens is 2. The number of esters is 1. The standard InChI is InChI=1S/C20H23N3O5/c1-12(2)19(14-4-5-16-17(8-14)27-7-6-26-16)23-18(24)11-28-20(25)15-10-21-13(3)9-22-15/h4-5,8-10,12,19H,6-7,11H2,1-3H3,(H,23,24). The third-order valence-corrected chi connectivity index (χ3v) is 4.23. The summed E-state index contributed by atoms with van der Waals surface area (Å²) < 4.78 is 16.2. The SMILES string of the molecule is Cc1cnc(C(=O)OCC(=O)NC(c2ccc3c(c2)OCCO3)C(C)C)cn1. The van der Waals surface area contributed by atoms with Crippen molar-refractivity contribution in [2.24, 2.45) is 5.92 Å². The van der Waals surface area contributed by atoms with E-state index in [0.29, 0.717) is 30.4 Å². The monoisotopic (exact) mass is 385 g/mol. The van der Waals surface area contributed by atoms with Crippen LogP contribution in [-0.2, 0) is 9.53 Å². The van der Waals surface area contributed by atoms with Gasteiger partial charge < -0.3 is 19.5 Å². The fourth-order valence-corrected chi connectivity index (χ4v) is 2.81. The minimum absolute atomic E-state index is 0.0608. The van der Waals surface area contributed by atoms with Gasteiger partial charge in [-0.3, -0.25) is 9.78 Å². The summed E-state index contributed by atoms with van der Waals surface area (Å²) in [7, 11) is 0. The van der Waals surface area contributed by atoms with E-state index in [9.17, 15) is 9.59 Å². The van der Waals surface area contributed by atoms with Gasteiger partial charge in [0.25, 0.3) is 5.91 Å². The molecule has 1 aromatic carbocycles. The first-order valence-corrected chi connectivity index (χ1v) is 9.08. The lowest BCUT2D eigenvalue weighted by atomic mass is 9.95. The van der Waals surface area contributed by atoms with Crippen molar-refractivity contribution >= 4 is 11.9 Å². The fraction of sp³-hybridized carbons (Fsp3) is 0.400. The fourth-order valence-electron chi connectivity index (χ4n) is 2.81. The Morgan fingerprint density at radius 2 is 1.89 bits per heavy atom. The Kier molecular flexibility index (Phi) is 6.08. The maximum Gasteiger partial charge on any atom is 0.359 e. The van der Waals surface area contributed by atoms with E-state index in [0.717, 1.165) is 5.56 Å². The average molecular weight is 385 g/mol. The molecule has 0 saturated heterocycles. The summed E-state index contributed by atoms with van der Waals surface area (Å²) in [5.41, 5.74) is 1.64. The number of amides is 1. The van der Waals surface area contributed by atoms with E-state index in [4.69, 9.17) is 14.2 Å². The van der Waals surface area contributed by atoms with Crippen molar-refractivity contribution in [2.75, 3.05) is 19.8 Å². The molecule has 1 atom stereocenters. The number of fused-ring (bicyclic) bond motifs is 1. The van der Waals surface area contributed by atoms with Gasteiger partial charge in [0.15, 0.2) is 23.8 Å². The summed E-state index contributed by atoms with van der Waals surface area (Å²) in [5.74, 6) is 0.375. The molecule has 0 saturated carbocycles. The molecular formula is C20H23N3O5. The van der Waals surface area contributed by atoms with Crippen LogP contribution in [0.4, 0.5) is 0 Å². The summed E-state index contributed by atoms with van der Waals surface area (Å²) in [6.45, 7) is 6.37. The molecule has 0 aliphatic carbocycles. The number of aryl methyl sites for hydroxylation is 1. The molecule has 0 radical (unpaired) electrons. The van der Waals surface area contributed by atoms with Crippen molar-refractivity contribution in [2.45, 2.75) is 26.8 Å². The number of carbonyl (C=O) groups excluding carboxylic acids is 2. The molecule has 0 bridgehead atoms. The second-order valence-corrected chi connectivity index (χ2v) is 6.81. The molecule has 8 heteroatoms. The molecule has 3 rings (SSSR count). The molecule has 1 N–H and O–H groups in total. The van der Waals surface area contributed by atoms with Crippen LogP contribution in [0.5, 0.6) is 11.5 Å². The molecule has 0 spiro atoms. The minimum atomic E-state index is -0.692. The highest BCUT2D eigenvalue weighted by Gasteiger charge is 2.22. The zero-order valence-corrected chi connectivity index (χ0v) is 16.1. The number of nitrogens with one attached hydrogen (secondary N) is 1. The van der Waals surface area contributed by atoms with E-state index in [-0.39, 0.29) is 17.7 Å². The minimum Gasteiger partial charge on any atom is -0.486 e. The van der Waals surface area contributed by atoms with Crippen LogP contribution in [0.2, 0.25) is 0 Å². The van der Waals surface area contributed by atoms with E-state index in [1.165, 1.54) is 12.4 Å². The number of benzene rings is 1. The van der Waals surface area contributed by atoms with Crippen LogP contribution in [0.25, 0.3) is 0 Å². The molecule has 0 fully saturated rings. The molecule has 1 aliphatic heterocycles. The van der Waals surface area contributed by atoms with Crippen LogP contribution in [-0.4, -0.2) is 41.7 Å². The molecule has 148 valence electrons. The molecular weight excluding hydrogens is 362 g/mol. The van der Waals surface area contributed by atoms with Crippen LogP contribution in [0.3, 0.4) is 0 Å². The van der Waals surface area contributed by atoms with E-state index in [2.05, 4.69) is 15.3 Å². The third kappa shape index (κ3) is 4.76. The molecule has 1 amide bonds. The summed E-state index contributed by atoms with van der Waals surface area (Å²) in [6.07, 6.45) is 2.79. The van der Waals surface area contributed by atoms with Gasteiger partial charge in [0.05, 0.1) is 17.9 Å². The second-order valence-electron chi connectivity index (χ2n) is 6.81. The molecule has 8 nitrogen and oxygen atoms in total. The lowest BCUT2D eigenvalue weighted by Gasteiger charge is -2.25. The number of hydrogen-bond acceptors (Lipinski definition) is 7. The molecule has 28 heavy (non-hydrogen) atoms. The van der Waals surface area contributed by atoms with Crippen LogP contribution in [0, 0.1) is 12.8 Å². The first kappa shape index (κ1) is 19.6. The summed E-state index contributed by atoms with van der Waals surface area (Å²) >= 11 is 0. The number of carbonyl (C=O) groups is 2. The van der Waals surface area contributed by atoms with Gasteiger partial charge >= 0.3 is 5.97 Å². The Labute approximate surface area is 163 Å². The van der Waals surface area contributed by atoms with Gasteiger partial charge in [-0.1, -0.05) is 19.9 Å². The van der Waals surface area contributed by atoms with Gasteiger partial charge in [0.1, 0.15) is 13.2 Å². The van der Waals surface area contributed by atoms with Crippen molar-refractivity contribution in [3.05, 3.63) is 47.5 Å². The Balaban J connectivity index is 1.61. The highest BCUT2D eigenvalue weighted by Crippen LogP contribution is 2.34. The molecule has 2 aromatic rings. The van der Waals surface area contributed by atoms with Crippen molar-refractivity contribution in [3.63, 3.8) is 0 Å². The Morgan fingerprint density at radius 3 is 2.57 bits per heavy atom.